The quantitative estimate of drug-likeness (QED) is 0.684. The molecule has 0 amide bonds. The van der Waals surface area contributed by atoms with Crippen molar-refractivity contribution < 1.29 is 17.9 Å². The third-order valence-corrected chi connectivity index (χ3v) is 3.31. The van der Waals surface area contributed by atoms with Gasteiger partial charge in [0.05, 0.1) is 6.54 Å². The smallest absolute Gasteiger partial charge is 0.422 e. The Morgan fingerprint density at radius 1 is 1.32 bits per heavy atom. The number of nitrogens with zero attached hydrogens (tertiary/aromatic N) is 3. The van der Waals surface area contributed by atoms with E-state index in [4.69, 9.17) is 10.5 Å². The molecule has 0 saturated carbocycles. The minimum absolute atomic E-state index is 0.0602. The first-order valence-corrected chi connectivity index (χ1v) is 7.14. The lowest BCUT2D eigenvalue weighted by molar-refractivity contribution is -0.154. The Morgan fingerprint density at radius 2 is 2.05 bits per heavy atom. The lowest BCUT2D eigenvalue weighted by atomic mass is 10.1. The first-order valence-electron chi connectivity index (χ1n) is 7.14. The maximum absolute atomic E-state index is 12.2. The van der Waals surface area contributed by atoms with Gasteiger partial charge in [-0.2, -0.15) is 13.2 Å². The zero-order chi connectivity index (χ0) is 16.0. The van der Waals surface area contributed by atoms with Crippen LogP contribution in [0.5, 0.6) is 5.88 Å². The Hall–Kier alpha value is -1.99. The lowest BCUT2D eigenvalue weighted by Gasteiger charge is -2.27. The predicted octanol–water partition coefficient (Wildman–Crippen LogP) is 2.32. The van der Waals surface area contributed by atoms with Gasteiger partial charge in [-0.1, -0.05) is 6.07 Å². The molecule has 2 heterocycles. The van der Waals surface area contributed by atoms with Crippen LogP contribution < -0.4 is 10.5 Å². The molecule has 1 saturated heterocycles. The van der Waals surface area contributed by atoms with E-state index in [0.717, 1.165) is 25.9 Å². The van der Waals surface area contributed by atoms with Crippen molar-refractivity contribution in [3.05, 3.63) is 23.9 Å². The van der Waals surface area contributed by atoms with Crippen molar-refractivity contribution >= 4 is 5.96 Å². The average Bonchev–Trinajstić information content (AvgIpc) is 2.51. The number of guanidine groups is 1. The summed E-state index contributed by atoms with van der Waals surface area (Å²) in [6.45, 7) is 0.491. The molecule has 1 aliphatic rings. The molecule has 22 heavy (non-hydrogen) atoms. The van der Waals surface area contributed by atoms with Crippen LogP contribution >= 0.6 is 0 Å². The number of rotatable bonds is 4. The number of aliphatic imine (C=N–C) groups is 1. The molecule has 2 N–H and O–H groups in total. The molecule has 5 nitrogen and oxygen atoms in total. The van der Waals surface area contributed by atoms with Crippen LogP contribution in [-0.4, -0.2) is 41.7 Å². The van der Waals surface area contributed by atoms with Crippen molar-refractivity contribution in [3.8, 4) is 5.88 Å². The van der Waals surface area contributed by atoms with E-state index in [1.54, 1.807) is 12.1 Å². The molecule has 0 spiro atoms. The van der Waals surface area contributed by atoms with E-state index in [0.29, 0.717) is 11.5 Å². The molecule has 1 aromatic heterocycles. The SMILES string of the molecule is NC(=NCc1cccnc1OCC(F)(F)F)N1CCCCC1. The van der Waals surface area contributed by atoms with E-state index in [1.807, 2.05) is 4.90 Å². The van der Waals surface area contributed by atoms with E-state index < -0.39 is 12.8 Å². The van der Waals surface area contributed by atoms with E-state index in [9.17, 15) is 13.2 Å². The van der Waals surface area contributed by atoms with Gasteiger partial charge >= 0.3 is 6.18 Å². The second-order valence-electron chi connectivity index (χ2n) is 5.09. The van der Waals surface area contributed by atoms with Gasteiger partial charge in [-0.05, 0) is 25.3 Å². The molecule has 122 valence electrons. The van der Waals surface area contributed by atoms with Crippen molar-refractivity contribution in [2.45, 2.75) is 32.0 Å². The minimum Gasteiger partial charge on any atom is -0.468 e. The van der Waals surface area contributed by atoms with Gasteiger partial charge in [-0.25, -0.2) is 9.98 Å². The molecule has 0 radical (unpaired) electrons. The summed E-state index contributed by atoms with van der Waals surface area (Å²) in [7, 11) is 0. The highest BCUT2D eigenvalue weighted by molar-refractivity contribution is 5.78. The fourth-order valence-electron chi connectivity index (χ4n) is 2.21. The number of likely N-dealkylation sites (tertiary alicyclic amines) is 1. The number of pyridine rings is 1. The van der Waals surface area contributed by atoms with Crippen molar-refractivity contribution in [2.24, 2.45) is 10.7 Å². The van der Waals surface area contributed by atoms with Gasteiger partial charge in [-0.15, -0.1) is 0 Å². The number of halogens is 3. The number of hydrogen-bond donors (Lipinski definition) is 1. The highest BCUT2D eigenvalue weighted by Gasteiger charge is 2.29. The number of alkyl halides is 3. The number of aromatic nitrogens is 1. The first kappa shape index (κ1) is 16.4. The molecule has 0 aliphatic carbocycles. The highest BCUT2D eigenvalue weighted by Crippen LogP contribution is 2.20. The number of nitrogens with two attached hydrogens (primary N) is 1. The molecule has 8 heteroatoms. The largest absolute Gasteiger partial charge is 0.468 e. The monoisotopic (exact) mass is 316 g/mol. The predicted molar refractivity (Wildman–Crippen MR) is 76.5 cm³/mol. The topological polar surface area (TPSA) is 63.7 Å². The Morgan fingerprint density at radius 3 is 2.73 bits per heavy atom. The molecule has 0 bridgehead atoms. The van der Waals surface area contributed by atoms with Crippen molar-refractivity contribution in [2.75, 3.05) is 19.7 Å². The zero-order valence-electron chi connectivity index (χ0n) is 12.1. The fourth-order valence-corrected chi connectivity index (χ4v) is 2.21. The number of ether oxygens (including phenoxy) is 1. The van der Waals surface area contributed by atoms with Crippen LogP contribution in [0.1, 0.15) is 24.8 Å². The summed E-state index contributed by atoms with van der Waals surface area (Å²) in [6.07, 6.45) is 0.311. The Balaban J connectivity index is 1.99. The van der Waals surface area contributed by atoms with Crippen LogP contribution in [0.25, 0.3) is 0 Å². The number of hydrogen-bond acceptors (Lipinski definition) is 3. The van der Waals surface area contributed by atoms with Crippen LogP contribution in [-0.2, 0) is 6.54 Å². The maximum atomic E-state index is 12.2. The highest BCUT2D eigenvalue weighted by atomic mass is 19.4. The van der Waals surface area contributed by atoms with Crippen LogP contribution in [0.3, 0.4) is 0 Å². The molecule has 1 aliphatic heterocycles. The molecule has 1 aromatic rings. The van der Waals surface area contributed by atoms with E-state index >= 15 is 0 Å². The Labute approximate surface area is 127 Å². The normalized spacial score (nSPS) is 16.7. The van der Waals surface area contributed by atoms with Gasteiger partial charge in [0.15, 0.2) is 12.6 Å². The Bertz CT molecular complexity index is 513. The molecular weight excluding hydrogens is 297 g/mol. The zero-order valence-corrected chi connectivity index (χ0v) is 12.1. The molecular formula is C14H19F3N4O. The minimum atomic E-state index is -4.40. The van der Waals surface area contributed by atoms with Crippen molar-refractivity contribution in [3.63, 3.8) is 0 Å². The second-order valence-corrected chi connectivity index (χ2v) is 5.09. The average molecular weight is 316 g/mol. The molecule has 0 aromatic carbocycles. The third kappa shape index (κ3) is 5.09. The van der Waals surface area contributed by atoms with E-state index in [-0.39, 0.29) is 12.4 Å². The van der Waals surface area contributed by atoms with Gasteiger partial charge < -0.3 is 15.4 Å². The van der Waals surface area contributed by atoms with Gasteiger partial charge in [0, 0.05) is 24.8 Å². The maximum Gasteiger partial charge on any atom is 0.422 e. The summed E-state index contributed by atoms with van der Waals surface area (Å²) in [5.41, 5.74) is 6.40. The standard InChI is InChI=1S/C14H19F3N4O/c15-14(16,17)10-22-12-11(5-4-6-19-12)9-20-13(18)21-7-2-1-3-8-21/h4-6H,1-3,7-10H2,(H2,18,20). The van der Waals surface area contributed by atoms with Gasteiger partial charge in [0.1, 0.15) is 0 Å². The summed E-state index contributed by atoms with van der Waals surface area (Å²) < 4.78 is 41.4. The van der Waals surface area contributed by atoms with Gasteiger partial charge in [-0.3, -0.25) is 0 Å². The molecule has 1 fully saturated rings. The molecule has 0 unspecified atom stereocenters. The van der Waals surface area contributed by atoms with Gasteiger partial charge in [0.25, 0.3) is 0 Å². The van der Waals surface area contributed by atoms with Crippen molar-refractivity contribution in [1.29, 1.82) is 0 Å². The summed E-state index contributed by atoms with van der Waals surface area (Å²) in [4.78, 5) is 10.1. The van der Waals surface area contributed by atoms with Crippen LogP contribution in [0.15, 0.2) is 23.3 Å². The fraction of sp³-hybridized carbons (Fsp3) is 0.571. The number of piperidine rings is 1. The molecule has 0 atom stereocenters. The third-order valence-electron chi connectivity index (χ3n) is 3.31. The van der Waals surface area contributed by atoms with Crippen molar-refractivity contribution in [1.82, 2.24) is 9.88 Å². The Kier molecular flexibility index (Phi) is 5.46. The van der Waals surface area contributed by atoms with E-state index in [1.165, 1.54) is 12.6 Å². The lowest BCUT2D eigenvalue weighted by Crippen LogP contribution is -2.40. The van der Waals surface area contributed by atoms with E-state index in [2.05, 4.69) is 9.98 Å². The molecule has 2 rings (SSSR count). The van der Waals surface area contributed by atoms with Gasteiger partial charge in [0.2, 0.25) is 5.88 Å². The second kappa shape index (κ2) is 7.33. The van der Waals surface area contributed by atoms with Crippen LogP contribution in [0, 0.1) is 0 Å². The summed E-state index contributed by atoms with van der Waals surface area (Å²) >= 11 is 0. The van der Waals surface area contributed by atoms with Crippen LogP contribution in [0.4, 0.5) is 13.2 Å². The first-order chi connectivity index (χ1) is 10.5. The summed E-state index contributed by atoms with van der Waals surface area (Å²) in [5.74, 6) is 0.348. The van der Waals surface area contributed by atoms with Crippen LogP contribution in [0.2, 0.25) is 0 Å². The summed E-state index contributed by atoms with van der Waals surface area (Å²) in [5, 5.41) is 0. The summed E-state index contributed by atoms with van der Waals surface area (Å²) in [6, 6.07) is 3.26.